The highest BCUT2D eigenvalue weighted by molar-refractivity contribution is 5.27. The third kappa shape index (κ3) is 3.47. The van der Waals surface area contributed by atoms with Crippen LogP contribution in [0.4, 0.5) is 0 Å². The minimum absolute atomic E-state index is 0.350. The van der Waals surface area contributed by atoms with Crippen LogP contribution in [-0.2, 0) is 0 Å². The number of ether oxygens (including phenoxy) is 1. The number of benzene rings is 1. The molecule has 0 radical (unpaired) electrons. The number of hydrogen-bond acceptors (Lipinski definition) is 2. The zero-order chi connectivity index (χ0) is 12.1. The summed E-state index contributed by atoms with van der Waals surface area (Å²) in [5.74, 6) is 1.01. The summed E-state index contributed by atoms with van der Waals surface area (Å²) in [5.41, 5.74) is 1.26. The molecule has 0 amide bonds. The van der Waals surface area contributed by atoms with Crippen LogP contribution in [0.15, 0.2) is 24.3 Å². The fourth-order valence-corrected chi connectivity index (χ4v) is 2.49. The third-order valence-corrected chi connectivity index (χ3v) is 3.39. The molecule has 1 aliphatic carbocycles. The van der Waals surface area contributed by atoms with Gasteiger partial charge in [0.1, 0.15) is 11.9 Å². The van der Waals surface area contributed by atoms with Crippen LogP contribution >= 0.6 is 0 Å². The molecule has 0 spiro atoms. The maximum absolute atomic E-state index is 6.10. The molecular weight excluding hydrogens is 210 g/mol. The maximum Gasteiger partial charge on any atom is 0.120 e. The summed E-state index contributed by atoms with van der Waals surface area (Å²) in [6, 6.07) is 8.88. The Kier molecular flexibility index (Phi) is 4.43. The first-order chi connectivity index (χ1) is 8.29. The zero-order valence-electron chi connectivity index (χ0n) is 10.9. The van der Waals surface area contributed by atoms with Crippen molar-refractivity contribution in [3.63, 3.8) is 0 Å². The van der Waals surface area contributed by atoms with E-state index in [0.717, 1.165) is 12.3 Å². The molecule has 1 fully saturated rings. The quantitative estimate of drug-likeness (QED) is 0.842. The van der Waals surface area contributed by atoms with Gasteiger partial charge in [0.15, 0.2) is 0 Å². The van der Waals surface area contributed by atoms with Gasteiger partial charge in [0.05, 0.1) is 0 Å². The highest BCUT2D eigenvalue weighted by Crippen LogP contribution is 2.25. The highest BCUT2D eigenvalue weighted by Gasteiger charge is 2.28. The van der Waals surface area contributed by atoms with Crippen molar-refractivity contribution in [3.05, 3.63) is 29.8 Å². The molecule has 2 nitrogen and oxygen atoms in total. The molecule has 2 rings (SSSR count). The maximum atomic E-state index is 6.10. The number of aryl methyl sites for hydroxylation is 1. The number of rotatable bonds is 5. The highest BCUT2D eigenvalue weighted by atomic mass is 16.5. The lowest BCUT2D eigenvalue weighted by atomic mass is 10.2. The first kappa shape index (κ1) is 12.4. The van der Waals surface area contributed by atoms with Crippen molar-refractivity contribution >= 4 is 0 Å². The van der Waals surface area contributed by atoms with Gasteiger partial charge in [0.2, 0.25) is 0 Å². The summed E-state index contributed by atoms with van der Waals surface area (Å²) in [7, 11) is 0. The molecule has 0 saturated heterocycles. The lowest BCUT2D eigenvalue weighted by Gasteiger charge is -2.22. The summed E-state index contributed by atoms with van der Waals surface area (Å²) in [6.45, 7) is 5.41. The molecular formula is C15H23NO. The first-order valence-corrected chi connectivity index (χ1v) is 6.76. The van der Waals surface area contributed by atoms with Crippen LogP contribution in [0.5, 0.6) is 5.75 Å². The van der Waals surface area contributed by atoms with Crippen LogP contribution in [0.3, 0.4) is 0 Å². The van der Waals surface area contributed by atoms with E-state index in [2.05, 4.69) is 43.4 Å². The summed E-state index contributed by atoms with van der Waals surface area (Å²) < 4.78 is 6.10. The molecule has 1 saturated carbocycles. The van der Waals surface area contributed by atoms with Crippen LogP contribution < -0.4 is 10.1 Å². The second-order valence-corrected chi connectivity index (χ2v) is 4.96. The summed E-state index contributed by atoms with van der Waals surface area (Å²) in [6.07, 6.45) is 5.24. The molecule has 2 atom stereocenters. The average Bonchev–Trinajstić information content (AvgIpc) is 2.74. The van der Waals surface area contributed by atoms with Crippen molar-refractivity contribution in [3.8, 4) is 5.75 Å². The minimum atomic E-state index is 0.350. The molecule has 0 aliphatic heterocycles. The van der Waals surface area contributed by atoms with Crippen molar-refractivity contribution < 1.29 is 4.74 Å². The van der Waals surface area contributed by atoms with Gasteiger partial charge < -0.3 is 10.1 Å². The Morgan fingerprint density at radius 3 is 3.00 bits per heavy atom. The molecule has 0 heterocycles. The molecule has 1 aromatic carbocycles. The van der Waals surface area contributed by atoms with E-state index in [4.69, 9.17) is 4.74 Å². The van der Waals surface area contributed by atoms with Crippen molar-refractivity contribution in [2.75, 3.05) is 6.54 Å². The van der Waals surface area contributed by atoms with E-state index in [1.165, 1.54) is 31.2 Å². The summed E-state index contributed by atoms with van der Waals surface area (Å²) in [5, 5.41) is 3.59. The lowest BCUT2D eigenvalue weighted by molar-refractivity contribution is 0.175. The topological polar surface area (TPSA) is 21.3 Å². The second kappa shape index (κ2) is 6.06. The lowest BCUT2D eigenvalue weighted by Crippen LogP contribution is -2.39. The predicted molar refractivity (Wildman–Crippen MR) is 71.5 cm³/mol. The molecule has 2 unspecified atom stereocenters. The molecule has 2 heteroatoms. The monoisotopic (exact) mass is 233 g/mol. The summed E-state index contributed by atoms with van der Waals surface area (Å²) in [4.78, 5) is 0. The SMILES string of the molecule is CCCNC1CCCC1Oc1cccc(C)c1. The fourth-order valence-electron chi connectivity index (χ4n) is 2.49. The Labute approximate surface area is 104 Å². The normalized spacial score (nSPS) is 23.9. The Balaban J connectivity index is 1.93. The van der Waals surface area contributed by atoms with E-state index in [1.54, 1.807) is 0 Å². The van der Waals surface area contributed by atoms with Crippen LogP contribution in [-0.4, -0.2) is 18.7 Å². The largest absolute Gasteiger partial charge is 0.489 e. The van der Waals surface area contributed by atoms with Crippen LogP contribution in [0.2, 0.25) is 0 Å². The summed E-state index contributed by atoms with van der Waals surface area (Å²) >= 11 is 0. The first-order valence-electron chi connectivity index (χ1n) is 6.76. The van der Waals surface area contributed by atoms with Gasteiger partial charge in [-0.15, -0.1) is 0 Å². The van der Waals surface area contributed by atoms with Crippen LogP contribution in [0, 0.1) is 6.92 Å². The molecule has 94 valence electrons. The van der Waals surface area contributed by atoms with E-state index in [9.17, 15) is 0 Å². The molecule has 1 aromatic rings. The van der Waals surface area contributed by atoms with Gasteiger partial charge in [-0.1, -0.05) is 19.1 Å². The van der Waals surface area contributed by atoms with Gasteiger partial charge in [0, 0.05) is 6.04 Å². The Morgan fingerprint density at radius 2 is 2.24 bits per heavy atom. The average molecular weight is 233 g/mol. The van der Waals surface area contributed by atoms with Gasteiger partial charge in [-0.05, 0) is 56.8 Å². The number of hydrogen-bond donors (Lipinski definition) is 1. The van der Waals surface area contributed by atoms with Gasteiger partial charge in [0.25, 0.3) is 0 Å². The van der Waals surface area contributed by atoms with E-state index in [-0.39, 0.29) is 0 Å². The molecule has 0 bridgehead atoms. The van der Waals surface area contributed by atoms with Gasteiger partial charge in [-0.25, -0.2) is 0 Å². The third-order valence-electron chi connectivity index (χ3n) is 3.39. The Bertz CT molecular complexity index is 351. The van der Waals surface area contributed by atoms with Crippen molar-refractivity contribution in [2.45, 2.75) is 51.7 Å². The van der Waals surface area contributed by atoms with E-state index >= 15 is 0 Å². The van der Waals surface area contributed by atoms with Crippen LogP contribution in [0.25, 0.3) is 0 Å². The fraction of sp³-hybridized carbons (Fsp3) is 0.600. The van der Waals surface area contributed by atoms with E-state index < -0.39 is 0 Å². The van der Waals surface area contributed by atoms with Crippen LogP contribution in [0.1, 0.15) is 38.2 Å². The molecule has 0 aromatic heterocycles. The smallest absolute Gasteiger partial charge is 0.120 e. The zero-order valence-corrected chi connectivity index (χ0v) is 10.9. The molecule has 1 aliphatic rings. The standard InChI is InChI=1S/C15H23NO/c1-3-10-16-14-8-5-9-15(14)17-13-7-4-6-12(2)11-13/h4,6-7,11,14-16H,3,5,8-10H2,1-2H3. The van der Waals surface area contributed by atoms with Crippen molar-refractivity contribution in [2.24, 2.45) is 0 Å². The second-order valence-electron chi connectivity index (χ2n) is 4.96. The van der Waals surface area contributed by atoms with Crippen molar-refractivity contribution in [1.29, 1.82) is 0 Å². The van der Waals surface area contributed by atoms with Gasteiger partial charge in [-0.3, -0.25) is 0 Å². The predicted octanol–water partition coefficient (Wildman–Crippen LogP) is 3.29. The van der Waals surface area contributed by atoms with E-state index in [0.29, 0.717) is 12.1 Å². The van der Waals surface area contributed by atoms with Crippen molar-refractivity contribution in [1.82, 2.24) is 5.32 Å². The number of nitrogens with one attached hydrogen (secondary N) is 1. The molecule has 1 N–H and O–H groups in total. The molecule has 17 heavy (non-hydrogen) atoms. The van der Waals surface area contributed by atoms with Gasteiger partial charge >= 0.3 is 0 Å². The Morgan fingerprint density at radius 1 is 1.35 bits per heavy atom. The van der Waals surface area contributed by atoms with Gasteiger partial charge in [-0.2, -0.15) is 0 Å². The Hall–Kier alpha value is -1.02. The minimum Gasteiger partial charge on any atom is -0.489 e. The van der Waals surface area contributed by atoms with E-state index in [1.807, 2.05) is 0 Å².